The summed E-state index contributed by atoms with van der Waals surface area (Å²) < 4.78 is 13.8. The molecular weight excluding hydrogens is 220 g/mol. The third-order valence-electron chi connectivity index (χ3n) is 1.67. The molecule has 2 N–H and O–H groups in total. The molecule has 0 amide bonds. The Labute approximate surface area is 92.9 Å². The predicted molar refractivity (Wildman–Crippen MR) is 52.3 cm³/mol. The molecule has 0 radical (unpaired) electrons. The zero-order valence-electron chi connectivity index (χ0n) is 9.21. The first-order valence-electron chi connectivity index (χ1n) is 4.88. The van der Waals surface area contributed by atoms with Gasteiger partial charge in [-0.1, -0.05) is 13.3 Å². The van der Waals surface area contributed by atoms with Gasteiger partial charge in [0.05, 0.1) is 6.61 Å². The second-order valence-electron chi connectivity index (χ2n) is 3.07. The molecule has 7 heteroatoms. The molecule has 0 bridgehead atoms. The third kappa shape index (κ3) is 6.88. The number of ether oxygens (including phenoxy) is 3. The molecule has 0 aromatic rings. The first kappa shape index (κ1) is 14.5. The average Bonchev–Trinajstić information content (AvgIpc) is 2.14. The Bertz CT molecular complexity index is 228. The molecule has 2 unspecified atom stereocenters. The lowest BCUT2D eigenvalue weighted by atomic mass is 10.3. The van der Waals surface area contributed by atoms with Gasteiger partial charge in [-0.15, -0.1) is 0 Å². The molecule has 0 heterocycles. The van der Waals surface area contributed by atoms with E-state index in [9.17, 15) is 9.59 Å². The Morgan fingerprint density at radius 1 is 1.19 bits per heavy atom. The fourth-order valence-electron chi connectivity index (χ4n) is 0.923. The Balaban J connectivity index is 4.16. The molecule has 16 heavy (non-hydrogen) atoms. The number of carboxylic acid groups (broad SMARTS) is 2. The molecule has 0 fully saturated rings. The second kappa shape index (κ2) is 7.75. The molecule has 0 aromatic heterocycles. The summed E-state index contributed by atoms with van der Waals surface area (Å²) in [6, 6.07) is 0. The number of unbranched alkanes of at least 4 members (excludes halogenated alkanes) is 1. The standard InChI is InChI=1S/C9H16O7/c1-3-4-5-14-7(16-9(12)13)6(2)15-8(10)11/h6-7H,3-5H2,1-2H3,(H,10,11)(H,12,13). The van der Waals surface area contributed by atoms with E-state index in [1.54, 1.807) is 0 Å². The van der Waals surface area contributed by atoms with Crippen LogP contribution in [0.2, 0.25) is 0 Å². The molecule has 0 aliphatic heterocycles. The monoisotopic (exact) mass is 236 g/mol. The smallest absolute Gasteiger partial charge is 0.450 e. The lowest BCUT2D eigenvalue weighted by Crippen LogP contribution is -2.35. The Kier molecular flexibility index (Phi) is 7.02. The summed E-state index contributed by atoms with van der Waals surface area (Å²) in [6.07, 6.45) is -3.70. The number of rotatable bonds is 7. The quantitative estimate of drug-likeness (QED) is 0.395. The van der Waals surface area contributed by atoms with Gasteiger partial charge in [-0.25, -0.2) is 9.59 Å². The molecular formula is C9H16O7. The van der Waals surface area contributed by atoms with E-state index in [2.05, 4.69) is 9.47 Å². The van der Waals surface area contributed by atoms with Crippen molar-refractivity contribution in [1.29, 1.82) is 0 Å². The molecule has 0 rings (SSSR count). The maximum atomic E-state index is 10.3. The Morgan fingerprint density at radius 3 is 2.19 bits per heavy atom. The van der Waals surface area contributed by atoms with E-state index < -0.39 is 24.7 Å². The normalized spacial score (nSPS) is 13.9. The maximum Gasteiger partial charge on any atom is 0.508 e. The van der Waals surface area contributed by atoms with Crippen LogP contribution in [0.1, 0.15) is 26.7 Å². The summed E-state index contributed by atoms with van der Waals surface area (Å²) in [6.45, 7) is 3.57. The fourth-order valence-corrected chi connectivity index (χ4v) is 0.923. The van der Waals surface area contributed by atoms with E-state index in [4.69, 9.17) is 14.9 Å². The van der Waals surface area contributed by atoms with Gasteiger partial charge in [-0.05, 0) is 13.3 Å². The summed E-state index contributed by atoms with van der Waals surface area (Å²) in [4.78, 5) is 20.6. The summed E-state index contributed by atoms with van der Waals surface area (Å²) in [7, 11) is 0. The highest BCUT2D eigenvalue weighted by molar-refractivity contribution is 5.58. The van der Waals surface area contributed by atoms with Crippen molar-refractivity contribution >= 4 is 12.3 Å². The molecule has 2 atom stereocenters. The summed E-state index contributed by atoms with van der Waals surface area (Å²) in [5, 5.41) is 16.8. The van der Waals surface area contributed by atoms with Crippen molar-refractivity contribution in [3.63, 3.8) is 0 Å². The first-order chi connectivity index (χ1) is 7.47. The highest BCUT2D eigenvalue weighted by Gasteiger charge is 2.25. The number of hydrogen-bond donors (Lipinski definition) is 2. The lowest BCUT2D eigenvalue weighted by Gasteiger charge is -2.21. The number of carbonyl (C=O) groups is 2. The van der Waals surface area contributed by atoms with Gasteiger partial charge < -0.3 is 24.4 Å². The van der Waals surface area contributed by atoms with Crippen LogP contribution in [0.15, 0.2) is 0 Å². The van der Waals surface area contributed by atoms with E-state index >= 15 is 0 Å². The Morgan fingerprint density at radius 2 is 1.75 bits per heavy atom. The van der Waals surface area contributed by atoms with E-state index in [0.717, 1.165) is 12.8 Å². The van der Waals surface area contributed by atoms with Crippen molar-refractivity contribution in [3.05, 3.63) is 0 Å². The molecule has 0 aromatic carbocycles. The molecule has 0 aliphatic rings. The zero-order chi connectivity index (χ0) is 12.6. The molecule has 0 spiro atoms. The lowest BCUT2D eigenvalue weighted by molar-refractivity contribution is -0.170. The fraction of sp³-hybridized carbons (Fsp3) is 0.778. The zero-order valence-corrected chi connectivity index (χ0v) is 9.21. The van der Waals surface area contributed by atoms with E-state index in [0.29, 0.717) is 0 Å². The van der Waals surface area contributed by atoms with Gasteiger partial charge in [0.25, 0.3) is 0 Å². The molecule has 7 nitrogen and oxygen atoms in total. The third-order valence-corrected chi connectivity index (χ3v) is 1.67. The van der Waals surface area contributed by atoms with Gasteiger partial charge in [0.2, 0.25) is 6.29 Å². The first-order valence-corrected chi connectivity index (χ1v) is 4.88. The molecule has 0 aliphatic carbocycles. The minimum absolute atomic E-state index is 0.280. The van der Waals surface area contributed by atoms with Gasteiger partial charge >= 0.3 is 12.3 Å². The van der Waals surface area contributed by atoms with E-state index in [1.165, 1.54) is 6.92 Å². The van der Waals surface area contributed by atoms with Crippen LogP contribution < -0.4 is 0 Å². The molecule has 0 saturated heterocycles. The van der Waals surface area contributed by atoms with Crippen molar-refractivity contribution in [2.45, 2.75) is 39.1 Å². The topological polar surface area (TPSA) is 102 Å². The highest BCUT2D eigenvalue weighted by Crippen LogP contribution is 2.08. The minimum atomic E-state index is -1.54. The van der Waals surface area contributed by atoms with Crippen LogP contribution in [0, 0.1) is 0 Å². The minimum Gasteiger partial charge on any atom is -0.450 e. The second-order valence-corrected chi connectivity index (χ2v) is 3.07. The summed E-state index contributed by atoms with van der Waals surface area (Å²) >= 11 is 0. The molecule has 94 valence electrons. The van der Waals surface area contributed by atoms with Crippen LogP contribution in [-0.4, -0.2) is 41.5 Å². The van der Waals surface area contributed by atoms with Crippen molar-refractivity contribution < 1.29 is 34.0 Å². The SMILES string of the molecule is CCCCOC(OC(=O)O)C(C)OC(=O)O. The largest absolute Gasteiger partial charge is 0.508 e. The molecule has 0 saturated carbocycles. The van der Waals surface area contributed by atoms with Crippen LogP contribution in [-0.2, 0) is 14.2 Å². The van der Waals surface area contributed by atoms with Gasteiger partial charge in [0.1, 0.15) is 0 Å². The van der Waals surface area contributed by atoms with Crippen molar-refractivity contribution in [1.82, 2.24) is 0 Å². The van der Waals surface area contributed by atoms with Gasteiger partial charge in [0.15, 0.2) is 6.10 Å². The van der Waals surface area contributed by atoms with E-state index in [-0.39, 0.29) is 6.61 Å². The maximum absolute atomic E-state index is 10.3. The van der Waals surface area contributed by atoms with Crippen LogP contribution in [0.4, 0.5) is 9.59 Å². The Hall–Kier alpha value is -1.50. The summed E-state index contributed by atoms with van der Waals surface area (Å²) in [5.41, 5.74) is 0. The average molecular weight is 236 g/mol. The van der Waals surface area contributed by atoms with Gasteiger partial charge in [0, 0.05) is 0 Å². The van der Waals surface area contributed by atoms with Crippen molar-refractivity contribution in [3.8, 4) is 0 Å². The van der Waals surface area contributed by atoms with Crippen LogP contribution in [0.25, 0.3) is 0 Å². The van der Waals surface area contributed by atoms with E-state index in [1.807, 2.05) is 6.92 Å². The van der Waals surface area contributed by atoms with Crippen LogP contribution in [0.3, 0.4) is 0 Å². The van der Waals surface area contributed by atoms with Crippen LogP contribution in [0.5, 0.6) is 0 Å². The highest BCUT2D eigenvalue weighted by atomic mass is 16.8. The van der Waals surface area contributed by atoms with Crippen LogP contribution >= 0.6 is 0 Å². The summed E-state index contributed by atoms with van der Waals surface area (Å²) in [5.74, 6) is 0. The van der Waals surface area contributed by atoms with Crippen molar-refractivity contribution in [2.75, 3.05) is 6.61 Å². The van der Waals surface area contributed by atoms with Crippen molar-refractivity contribution in [2.24, 2.45) is 0 Å². The van der Waals surface area contributed by atoms with Gasteiger partial charge in [-0.2, -0.15) is 0 Å². The van der Waals surface area contributed by atoms with Gasteiger partial charge in [-0.3, -0.25) is 0 Å². The number of hydrogen-bond acceptors (Lipinski definition) is 5. The predicted octanol–water partition coefficient (Wildman–Crippen LogP) is 1.91.